The van der Waals surface area contributed by atoms with E-state index in [1.165, 1.54) is 4.90 Å². The Kier molecular flexibility index (Phi) is 4.42. The van der Waals surface area contributed by atoms with E-state index in [2.05, 4.69) is 5.32 Å². The van der Waals surface area contributed by atoms with Crippen molar-refractivity contribution in [1.82, 2.24) is 15.1 Å². The molecule has 0 radical (unpaired) electrons. The van der Waals surface area contributed by atoms with Gasteiger partial charge in [-0.25, -0.2) is 0 Å². The van der Waals surface area contributed by atoms with Gasteiger partial charge in [-0.15, -0.1) is 0 Å². The van der Waals surface area contributed by atoms with Crippen LogP contribution in [0.15, 0.2) is 24.3 Å². The van der Waals surface area contributed by atoms with Gasteiger partial charge in [0.15, 0.2) is 0 Å². The molecule has 0 bridgehead atoms. The van der Waals surface area contributed by atoms with Crippen LogP contribution in [0.25, 0.3) is 0 Å². The van der Waals surface area contributed by atoms with E-state index >= 15 is 0 Å². The van der Waals surface area contributed by atoms with Gasteiger partial charge in [-0.2, -0.15) is 0 Å². The topological polar surface area (TPSA) is 95.7 Å². The second kappa shape index (κ2) is 6.25. The zero-order valence-corrected chi connectivity index (χ0v) is 11.8. The summed E-state index contributed by atoms with van der Waals surface area (Å²) in [5, 5.41) is 2.55. The summed E-state index contributed by atoms with van der Waals surface area (Å²) in [6, 6.07) is 6.43. The Morgan fingerprint density at radius 2 is 1.90 bits per heavy atom. The number of amides is 3. The molecule has 7 nitrogen and oxygen atoms in total. The maximum atomic E-state index is 12.0. The predicted octanol–water partition coefficient (Wildman–Crippen LogP) is -0.701. The zero-order chi connectivity index (χ0) is 15.4. The van der Waals surface area contributed by atoms with Crippen molar-refractivity contribution < 1.29 is 14.4 Å². The van der Waals surface area contributed by atoms with Gasteiger partial charge in [0, 0.05) is 31.4 Å². The van der Waals surface area contributed by atoms with Crippen LogP contribution in [0.5, 0.6) is 0 Å². The van der Waals surface area contributed by atoms with E-state index in [4.69, 9.17) is 5.73 Å². The van der Waals surface area contributed by atoms with Crippen molar-refractivity contribution in [2.45, 2.75) is 0 Å². The molecule has 0 spiro atoms. The molecule has 1 heterocycles. The van der Waals surface area contributed by atoms with Crippen molar-refractivity contribution in [2.24, 2.45) is 0 Å². The fraction of sp³-hybridized carbons (Fsp3) is 0.357. The monoisotopic (exact) mass is 290 g/mol. The number of benzene rings is 1. The van der Waals surface area contributed by atoms with Crippen molar-refractivity contribution in [1.29, 1.82) is 0 Å². The minimum Gasteiger partial charge on any atom is -0.399 e. The number of piperazine rings is 1. The average molecular weight is 290 g/mol. The highest BCUT2D eigenvalue weighted by atomic mass is 16.2. The molecule has 1 aliphatic rings. The Bertz CT molecular complexity index is 556. The summed E-state index contributed by atoms with van der Waals surface area (Å²) in [4.78, 5) is 38.4. The lowest BCUT2D eigenvalue weighted by atomic mass is 10.2. The van der Waals surface area contributed by atoms with E-state index < -0.39 is 0 Å². The Morgan fingerprint density at radius 1 is 1.24 bits per heavy atom. The standard InChI is InChI=1S/C14H18N4O3/c1-17-6-7-18(9-13(17)20)12(19)8-16-14(21)10-2-4-11(15)5-3-10/h2-5H,6-9,15H2,1H3,(H,16,21). The van der Waals surface area contributed by atoms with Crippen molar-refractivity contribution in [3.63, 3.8) is 0 Å². The molecule has 0 saturated carbocycles. The van der Waals surface area contributed by atoms with Crippen LogP contribution in [-0.4, -0.2) is 60.7 Å². The molecule has 7 heteroatoms. The molecule has 2 rings (SSSR count). The summed E-state index contributed by atoms with van der Waals surface area (Å²) >= 11 is 0. The van der Waals surface area contributed by atoms with Crippen molar-refractivity contribution in [2.75, 3.05) is 39.0 Å². The first-order chi connectivity index (χ1) is 9.97. The minimum absolute atomic E-state index is 0.0626. The molecule has 1 saturated heterocycles. The van der Waals surface area contributed by atoms with Crippen LogP contribution in [0.2, 0.25) is 0 Å². The summed E-state index contributed by atoms with van der Waals surface area (Å²) in [6.45, 7) is 0.933. The molecule has 3 N–H and O–H groups in total. The Hall–Kier alpha value is -2.57. The van der Waals surface area contributed by atoms with Gasteiger partial charge in [-0.1, -0.05) is 0 Å². The molecule has 21 heavy (non-hydrogen) atoms. The Balaban J connectivity index is 1.85. The van der Waals surface area contributed by atoms with E-state index in [1.54, 1.807) is 36.2 Å². The number of carbonyl (C=O) groups is 3. The lowest BCUT2D eigenvalue weighted by Crippen LogP contribution is -2.52. The van der Waals surface area contributed by atoms with Gasteiger partial charge in [0.1, 0.15) is 0 Å². The average Bonchev–Trinajstić information content (AvgIpc) is 2.48. The van der Waals surface area contributed by atoms with Crippen molar-refractivity contribution in [3.05, 3.63) is 29.8 Å². The SMILES string of the molecule is CN1CCN(C(=O)CNC(=O)c2ccc(N)cc2)CC1=O. The summed E-state index contributed by atoms with van der Waals surface area (Å²) in [7, 11) is 1.70. The summed E-state index contributed by atoms with van der Waals surface area (Å²) in [5.74, 6) is -0.705. The van der Waals surface area contributed by atoms with E-state index in [0.717, 1.165) is 0 Å². The number of hydrogen-bond acceptors (Lipinski definition) is 4. The van der Waals surface area contributed by atoms with Crippen LogP contribution in [0.4, 0.5) is 5.69 Å². The maximum absolute atomic E-state index is 12.0. The molecule has 0 aliphatic carbocycles. The fourth-order valence-corrected chi connectivity index (χ4v) is 1.98. The second-order valence-electron chi connectivity index (χ2n) is 4.94. The van der Waals surface area contributed by atoms with Gasteiger partial charge in [0.25, 0.3) is 5.91 Å². The number of nitrogens with two attached hydrogens (primary N) is 1. The molecule has 3 amide bonds. The maximum Gasteiger partial charge on any atom is 0.251 e. The number of hydrogen-bond donors (Lipinski definition) is 2. The molecule has 1 aliphatic heterocycles. The number of nitrogens with one attached hydrogen (secondary N) is 1. The molecule has 1 aromatic carbocycles. The van der Waals surface area contributed by atoms with Crippen LogP contribution in [0.1, 0.15) is 10.4 Å². The molecule has 112 valence electrons. The normalized spacial score (nSPS) is 15.0. The molecule has 0 atom stereocenters. The largest absolute Gasteiger partial charge is 0.399 e. The minimum atomic E-state index is -0.344. The Morgan fingerprint density at radius 3 is 2.52 bits per heavy atom. The number of rotatable bonds is 3. The van der Waals surface area contributed by atoms with Gasteiger partial charge >= 0.3 is 0 Å². The van der Waals surface area contributed by atoms with Crippen molar-refractivity contribution in [3.8, 4) is 0 Å². The molecular formula is C14H18N4O3. The first-order valence-corrected chi connectivity index (χ1v) is 6.63. The number of anilines is 1. The third-order valence-corrected chi connectivity index (χ3v) is 3.38. The van der Waals surface area contributed by atoms with Gasteiger partial charge in [0.05, 0.1) is 13.1 Å². The highest BCUT2D eigenvalue weighted by molar-refractivity contribution is 5.97. The molecule has 1 aromatic rings. The van der Waals surface area contributed by atoms with Gasteiger partial charge in [0.2, 0.25) is 11.8 Å². The quantitative estimate of drug-likeness (QED) is 0.719. The van der Waals surface area contributed by atoms with Crippen LogP contribution in [0, 0.1) is 0 Å². The van der Waals surface area contributed by atoms with Crippen LogP contribution >= 0.6 is 0 Å². The molecule has 0 unspecified atom stereocenters. The predicted molar refractivity (Wildman–Crippen MR) is 77.4 cm³/mol. The first kappa shape index (κ1) is 14.8. The van der Waals surface area contributed by atoms with Crippen LogP contribution < -0.4 is 11.1 Å². The second-order valence-corrected chi connectivity index (χ2v) is 4.94. The number of likely N-dealkylation sites (N-methyl/N-ethyl adjacent to an activating group) is 1. The lowest BCUT2D eigenvalue weighted by Gasteiger charge is -2.32. The highest BCUT2D eigenvalue weighted by Gasteiger charge is 2.24. The third kappa shape index (κ3) is 3.71. The highest BCUT2D eigenvalue weighted by Crippen LogP contribution is 2.05. The smallest absolute Gasteiger partial charge is 0.251 e. The first-order valence-electron chi connectivity index (χ1n) is 6.63. The van der Waals surface area contributed by atoms with Gasteiger partial charge in [-0.3, -0.25) is 14.4 Å². The summed E-state index contributed by atoms with van der Waals surface area (Å²) in [5.41, 5.74) is 6.55. The number of nitrogens with zero attached hydrogens (tertiary/aromatic N) is 2. The van der Waals surface area contributed by atoms with E-state index in [1.807, 2.05) is 0 Å². The number of nitrogen functional groups attached to an aromatic ring is 1. The van der Waals surface area contributed by atoms with E-state index in [-0.39, 0.29) is 30.8 Å². The molecule has 0 aromatic heterocycles. The number of carbonyl (C=O) groups excluding carboxylic acids is 3. The van der Waals surface area contributed by atoms with Gasteiger partial charge in [-0.05, 0) is 24.3 Å². The van der Waals surface area contributed by atoms with E-state index in [0.29, 0.717) is 24.3 Å². The lowest BCUT2D eigenvalue weighted by molar-refractivity contribution is -0.143. The fourth-order valence-electron chi connectivity index (χ4n) is 1.98. The Labute approximate surface area is 122 Å². The van der Waals surface area contributed by atoms with Crippen molar-refractivity contribution >= 4 is 23.4 Å². The van der Waals surface area contributed by atoms with Gasteiger partial charge < -0.3 is 20.9 Å². The molecule has 1 fully saturated rings. The summed E-state index contributed by atoms with van der Waals surface area (Å²) < 4.78 is 0. The van der Waals surface area contributed by atoms with Crippen LogP contribution in [0.3, 0.4) is 0 Å². The van der Waals surface area contributed by atoms with Crippen LogP contribution in [-0.2, 0) is 9.59 Å². The zero-order valence-electron chi connectivity index (χ0n) is 11.8. The summed E-state index contributed by atoms with van der Waals surface area (Å²) in [6.07, 6.45) is 0. The third-order valence-electron chi connectivity index (χ3n) is 3.38. The molecular weight excluding hydrogens is 272 g/mol. The van der Waals surface area contributed by atoms with E-state index in [9.17, 15) is 14.4 Å².